The van der Waals surface area contributed by atoms with Gasteiger partial charge in [0, 0.05) is 4.91 Å². The van der Waals surface area contributed by atoms with Gasteiger partial charge in [-0.05, 0) is 25.1 Å². The first kappa shape index (κ1) is 18.5. The van der Waals surface area contributed by atoms with Crippen LogP contribution in [0.4, 0.5) is 0 Å². The lowest BCUT2D eigenvalue weighted by Gasteiger charge is -2.48. The number of hydrogen-bond donors (Lipinski definition) is 2. The molecule has 130 valence electrons. The smallest absolute Gasteiger partial charge is 0.353 e. The summed E-state index contributed by atoms with van der Waals surface area (Å²) in [5.41, 5.74) is -0.0803. The van der Waals surface area contributed by atoms with E-state index in [-0.39, 0.29) is 40.6 Å². The fraction of sp³-hybridized carbons (Fsp3) is 0.733. The van der Waals surface area contributed by atoms with Crippen molar-refractivity contribution in [1.29, 1.82) is 0 Å². The van der Waals surface area contributed by atoms with Gasteiger partial charge in [0.2, 0.25) is 5.91 Å². The van der Waals surface area contributed by atoms with Gasteiger partial charge < -0.3 is 14.6 Å². The first-order valence-corrected chi connectivity index (χ1v) is 11.5. The zero-order valence-corrected chi connectivity index (χ0v) is 16.2. The molecule has 1 saturated heterocycles. The Bertz CT molecular complexity index is 569. The minimum absolute atomic E-state index is 0.0390. The number of aliphatic carboxylic acids is 1. The van der Waals surface area contributed by atoms with Crippen molar-refractivity contribution in [2.24, 2.45) is 5.92 Å². The maximum absolute atomic E-state index is 12.5. The summed E-state index contributed by atoms with van der Waals surface area (Å²) in [6, 6.07) is 0. The molecule has 2 rings (SSSR count). The molecule has 0 bridgehead atoms. The van der Waals surface area contributed by atoms with Crippen molar-refractivity contribution in [2.75, 3.05) is 6.61 Å². The average molecular weight is 360 g/mol. The van der Waals surface area contributed by atoms with Crippen LogP contribution >= 0.6 is 11.8 Å². The molecule has 6 nitrogen and oxygen atoms in total. The predicted molar refractivity (Wildman–Crippen MR) is 91.2 cm³/mol. The van der Waals surface area contributed by atoms with E-state index >= 15 is 0 Å². The molecular formula is C15H25NO5SSi. The van der Waals surface area contributed by atoms with E-state index in [4.69, 9.17) is 4.43 Å². The molecule has 23 heavy (non-hydrogen) atoms. The highest BCUT2D eigenvalue weighted by molar-refractivity contribution is 8.04. The number of thioether (sulfide) groups is 1. The Morgan fingerprint density at radius 2 is 2.00 bits per heavy atom. The second-order valence-corrected chi connectivity index (χ2v) is 13.5. The molecule has 0 spiro atoms. The van der Waals surface area contributed by atoms with Gasteiger partial charge in [0.15, 0.2) is 8.32 Å². The molecule has 0 aromatic heterocycles. The lowest BCUT2D eigenvalue weighted by atomic mass is 9.92. The molecule has 1 amide bonds. The SMILES string of the molecule is C[C@@H](O[Si](C)(C)C(C)(C)C)[C@H]1C(=O)N2C(C(=O)O)=C(CO)S[C@H]12. The van der Waals surface area contributed by atoms with Crippen LogP contribution in [0.25, 0.3) is 0 Å². The number of carboxylic acid groups (broad SMARTS) is 1. The first-order valence-electron chi connectivity index (χ1n) is 7.67. The third-order valence-electron chi connectivity index (χ3n) is 4.99. The predicted octanol–water partition coefficient (Wildman–Crippen LogP) is 2.22. The van der Waals surface area contributed by atoms with Crippen LogP contribution in [0.3, 0.4) is 0 Å². The standard InChI is InChI=1S/C15H25NO5SSi/c1-8(21-23(5,6)15(2,3)4)10-12(18)16-11(14(19)20)9(7-17)22-13(10)16/h8,10,13,17H,7H2,1-6H3,(H,19,20)/t8-,10+,13-/m1/s1. The zero-order chi connectivity index (χ0) is 17.7. The molecule has 0 saturated carbocycles. The Morgan fingerprint density at radius 3 is 2.43 bits per heavy atom. The fourth-order valence-electron chi connectivity index (χ4n) is 2.67. The highest BCUT2D eigenvalue weighted by Crippen LogP contribution is 2.51. The molecule has 2 N–H and O–H groups in total. The molecule has 0 aromatic carbocycles. The molecule has 0 unspecified atom stereocenters. The Morgan fingerprint density at radius 1 is 1.43 bits per heavy atom. The van der Waals surface area contributed by atoms with Gasteiger partial charge >= 0.3 is 5.97 Å². The van der Waals surface area contributed by atoms with Crippen molar-refractivity contribution >= 4 is 32.0 Å². The quantitative estimate of drug-likeness (QED) is 0.578. The molecular weight excluding hydrogens is 334 g/mol. The molecule has 0 radical (unpaired) electrons. The monoisotopic (exact) mass is 359 g/mol. The molecule has 2 aliphatic heterocycles. The van der Waals surface area contributed by atoms with E-state index < -0.39 is 14.3 Å². The molecule has 1 fully saturated rings. The van der Waals surface area contributed by atoms with Gasteiger partial charge in [-0.2, -0.15) is 0 Å². The normalized spacial score (nSPS) is 26.2. The van der Waals surface area contributed by atoms with E-state index in [2.05, 4.69) is 33.9 Å². The van der Waals surface area contributed by atoms with Crippen molar-refractivity contribution in [2.45, 2.75) is 57.3 Å². The number of nitrogens with zero attached hydrogens (tertiary/aromatic N) is 1. The summed E-state index contributed by atoms with van der Waals surface area (Å²) in [6.45, 7) is 12.2. The summed E-state index contributed by atoms with van der Waals surface area (Å²) < 4.78 is 6.30. The van der Waals surface area contributed by atoms with E-state index in [0.29, 0.717) is 4.91 Å². The molecule has 2 aliphatic rings. The van der Waals surface area contributed by atoms with Crippen molar-refractivity contribution in [3.8, 4) is 0 Å². The van der Waals surface area contributed by atoms with E-state index in [9.17, 15) is 19.8 Å². The van der Waals surface area contributed by atoms with E-state index in [1.165, 1.54) is 16.7 Å². The van der Waals surface area contributed by atoms with Crippen LogP contribution in [-0.2, 0) is 14.0 Å². The number of carbonyl (C=O) groups excluding carboxylic acids is 1. The van der Waals surface area contributed by atoms with Gasteiger partial charge in [0.05, 0.1) is 18.6 Å². The van der Waals surface area contributed by atoms with E-state index in [1.54, 1.807) is 0 Å². The zero-order valence-electron chi connectivity index (χ0n) is 14.4. The number of rotatable bonds is 5. The average Bonchev–Trinajstić information content (AvgIpc) is 2.71. The highest BCUT2D eigenvalue weighted by Gasteiger charge is 2.58. The minimum Gasteiger partial charge on any atom is -0.477 e. The van der Waals surface area contributed by atoms with Crippen molar-refractivity contribution < 1.29 is 24.2 Å². The Hall–Kier alpha value is -0.833. The Kier molecular flexibility index (Phi) is 4.75. The second kappa shape index (κ2) is 5.91. The number of carboxylic acids is 1. The topological polar surface area (TPSA) is 87.1 Å². The molecule has 0 aromatic rings. The second-order valence-electron chi connectivity index (χ2n) is 7.56. The van der Waals surface area contributed by atoms with Crippen molar-refractivity contribution in [3.05, 3.63) is 10.6 Å². The van der Waals surface area contributed by atoms with Crippen LogP contribution in [0.2, 0.25) is 18.1 Å². The third-order valence-corrected chi connectivity index (χ3v) is 10.9. The third kappa shape index (κ3) is 2.97. The number of fused-ring (bicyclic) bond motifs is 1. The lowest BCUT2D eigenvalue weighted by Crippen LogP contribution is -2.62. The maximum atomic E-state index is 12.5. The number of hydrogen-bond acceptors (Lipinski definition) is 5. The summed E-state index contributed by atoms with van der Waals surface area (Å²) in [5.74, 6) is -1.77. The van der Waals surface area contributed by atoms with Crippen molar-refractivity contribution in [3.63, 3.8) is 0 Å². The highest BCUT2D eigenvalue weighted by atomic mass is 32.2. The molecule has 0 aliphatic carbocycles. The van der Waals surface area contributed by atoms with Crippen LogP contribution in [0.15, 0.2) is 10.6 Å². The lowest BCUT2D eigenvalue weighted by molar-refractivity contribution is -0.156. The van der Waals surface area contributed by atoms with Gasteiger partial charge in [-0.15, -0.1) is 0 Å². The van der Waals surface area contributed by atoms with Crippen LogP contribution in [0.5, 0.6) is 0 Å². The van der Waals surface area contributed by atoms with Crippen LogP contribution in [-0.4, -0.2) is 53.4 Å². The number of aliphatic hydroxyl groups is 1. The van der Waals surface area contributed by atoms with Gasteiger partial charge in [0.25, 0.3) is 0 Å². The summed E-state index contributed by atoms with van der Waals surface area (Å²) in [7, 11) is -2.01. The summed E-state index contributed by atoms with van der Waals surface area (Å²) >= 11 is 1.26. The Balaban J connectivity index is 2.15. The van der Waals surface area contributed by atoms with Gasteiger partial charge in [-0.3, -0.25) is 9.69 Å². The van der Waals surface area contributed by atoms with Gasteiger partial charge in [0.1, 0.15) is 11.1 Å². The van der Waals surface area contributed by atoms with Crippen molar-refractivity contribution in [1.82, 2.24) is 4.90 Å². The maximum Gasteiger partial charge on any atom is 0.353 e. The van der Waals surface area contributed by atoms with Gasteiger partial charge in [-0.25, -0.2) is 4.79 Å². The largest absolute Gasteiger partial charge is 0.477 e. The number of amides is 1. The fourth-order valence-corrected chi connectivity index (χ4v) is 5.56. The van der Waals surface area contributed by atoms with Gasteiger partial charge in [-0.1, -0.05) is 32.5 Å². The number of β-lactam (4-membered cyclic amide) rings is 1. The van der Waals surface area contributed by atoms with E-state index in [0.717, 1.165) is 0 Å². The molecule has 2 heterocycles. The molecule has 8 heteroatoms. The minimum atomic E-state index is -2.01. The first-order chi connectivity index (χ1) is 10.4. The van der Waals surface area contributed by atoms with E-state index in [1.807, 2.05) is 6.92 Å². The molecule has 3 atom stereocenters. The number of aliphatic hydroxyl groups excluding tert-OH is 1. The summed E-state index contributed by atoms with van der Waals surface area (Å²) in [5, 5.41) is 18.4. The Labute approximate surface area is 142 Å². The van der Waals surface area contributed by atoms with Crippen LogP contribution in [0.1, 0.15) is 27.7 Å². The summed E-state index contributed by atoms with van der Waals surface area (Å²) in [4.78, 5) is 25.4. The number of carbonyl (C=O) groups is 2. The van der Waals surface area contributed by atoms with Crippen LogP contribution < -0.4 is 0 Å². The summed E-state index contributed by atoms with van der Waals surface area (Å²) in [6.07, 6.45) is -0.273. The van der Waals surface area contributed by atoms with Crippen LogP contribution in [0, 0.1) is 5.92 Å².